The van der Waals surface area contributed by atoms with E-state index in [1.165, 1.54) is 12.1 Å². The zero-order chi connectivity index (χ0) is 12.8. The van der Waals surface area contributed by atoms with Gasteiger partial charge in [-0.2, -0.15) is 0 Å². The highest BCUT2D eigenvalue weighted by Gasteiger charge is 2.16. The van der Waals surface area contributed by atoms with Crippen molar-refractivity contribution >= 4 is 0 Å². The summed E-state index contributed by atoms with van der Waals surface area (Å²) in [7, 11) is 0. The first kappa shape index (κ1) is 12.9. The van der Waals surface area contributed by atoms with Gasteiger partial charge in [-0.25, -0.2) is 4.39 Å². The van der Waals surface area contributed by atoms with Crippen LogP contribution in [0.3, 0.4) is 0 Å². The fourth-order valence-electron chi connectivity index (χ4n) is 1.79. The summed E-state index contributed by atoms with van der Waals surface area (Å²) in [5, 5.41) is 0. The van der Waals surface area contributed by atoms with E-state index in [0.717, 1.165) is 13.0 Å². The van der Waals surface area contributed by atoms with Gasteiger partial charge in [0.2, 0.25) is 0 Å². The van der Waals surface area contributed by atoms with Gasteiger partial charge in [0.1, 0.15) is 11.6 Å². The Morgan fingerprint density at radius 1 is 1.50 bits per heavy atom. The summed E-state index contributed by atoms with van der Waals surface area (Å²) in [5.41, 5.74) is 5.99. The van der Waals surface area contributed by atoms with Gasteiger partial charge in [-0.3, -0.25) is 0 Å². The summed E-state index contributed by atoms with van der Waals surface area (Å²) >= 11 is 0. The molecule has 96 valence electrons. The third-order valence-corrected chi connectivity index (χ3v) is 2.77. The van der Waals surface area contributed by atoms with Crippen LogP contribution in [0.5, 0.6) is 5.75 Å². The zero-order valence-electron chi connectivity index (χ0n) is 10.1. The molecule has 0 aliphatic carbocycles. The second-order valence-electron chi connectivity index (χ2n) is 4.19. The molecule has 1 aromatic rings. The van der Waals surface area contributed by atoms with Crippen LogP contribution in [0.4, 0.5) is 4.39 Å². The van der Waals surface area contributed by atoms with Crippen molar-refractivity contribution in [1.82, 2.24) is 0 Å². The zero-order valence-corrected chi connectivity index (χ0v) is 10.1. The molecule has 1 saturated heterocycles. The molecule has 1 atom stereocenters. The minimum atomic E-state index is -0.328. The summed E-state index contributed by atoms with van der Waals surface area (Å²) < 4.78 is 24.1. The monoisotopic (exact) mass is 249 g/mol. The Morgan fingerprint density at radius 3 is 3.11 bits per heavy atom. The molecule has 1 aliphatic heterocycles. The molecular formula is C14H16FNO2. The van der Waals surface area contributed by atoms with Gasteiger partial charge >= 0.3 is 0 Å². The molecule has 1 aliphatic rings. The van der Waals surface area contributed by atoms with Crippen LogP contribution in [0, 0.1) is 23.6 Å². The molecule has 0 saturated carbocycles. The Kier molecular flexibility index (Phi) is 4.57. The molecule has 0 radical (unpaired) electrons. The number of benzene rings is 1. The normalized spacial score (nSPS) is 18.2. The maximum absolute atomic E-state index is 13.2. The van der Waals surface area contributed by atoms with Crippen molar-refractivity contribution in [1.29, 1.82) is 0 Å². The van der Waals surface area contributed by atoms with Crippen LogP contribution >= 0.6 is 0 Å². The molecule has 1 heterocycles. The van der Waals surface area contributed by atoms with Crippen LogP contribution in [0.15, 0.2) is 18.2 Å². The molecule has 18 heavy (non-hydrogen) atoms. The van der Waals surface area contributed by atoms with E-state index in [0.29, 0.717) is 30.4 Å². The molecule has 2 N–H and O–H groups in total. The molecule has 3 nitrogen and oxygen atoms in total. The smallest absolute Gasteiger partial charge is 0.137 e. The van der Waals surface area contributed by atoms with Gasteiger partial charge in [-0.05, 0) is 18.6 Å². The third-order valence-electron chi connectivity index (χ3n) is 2.77. The Morgan fingerprint density at radius 2 is 2.39 bits per heavy atom. The number of halogens is 1. The number of ether oxygens (including phenoxy) is 2. The van der Waals surface area contributed by atoms with Crippen molar-refractivity contribution in [2.45, 2.75) is 6.42 Å². The molecule has 0 amide bonds. The van der Waals surface area contributed by atoms with Gasteiger partial charge in [-0.15, -0.1) is 0 Å². The third kappa shape index (κ3) is 3.46. The van der Waals surface area contributed by atoms with Crippen molar-refractivity contribution < 1.29 is 13.9 Å². The number of rotatable bonds is 3. The SMILES string of the molecule is NCC#Cc1ccc(F)cc1OCC1CCOC1. The average molecular weight is 249 g/mol. The highest BCUT2D eigenvalue weighted by molar-refractivity contribution is 5.46. The van der Waals surface area contributed by atoms with Crippen molar-refractivity contribution in [2.24, 2.45) is 11.7 Å². The van der Waals surface area contributed by atoms with Crippen molar-refractivity contribution in [2.75, 3.05) is 26.4 Å². The van der Waals surface area contributed by atoms with E-state index < -0.39 is 0 Å². The Hall–Kier alpha value is -1.57. The fourth-order valence-corrected chi connectivity index (χ4v) is 1.79. The van der Waals surface area contributed by atoms with Crippen LogP contribution in [-0.2, 0) is 4.74 Å². The fraction of sp³-hybridized carbons (Fsp3) is 0.429. The summed E-state index contributed by atoms with van der Waals surface area (Å²) in [5.74, 6) is 6.15. The summed E-state index contributed by atoms with van der Waals surface area (Å²) in [6.45, 7) is 2.28. The largest absolute Gasteiger partial charge is 0.492 e. The quantitative estimate of drug-likeness (QED) is 0.827. The molecular weight excluding hydrogens is 233 g/mol. The lowest BCUT2D eigenvalue weighted by molar-refractivity contribution is 0.167. The van der Waals surface area contributed by atoms with E-state index in [1.54, 1.807) is 6.07 Å². The average Bonchev–Trinajstić information content (AvgIpc) is 2.88. The molecule has 1 unspecified atom stereocenters. The second-order valence-corrected chi connectivity index (χ2v) is 4.19. The summed E-state index contributed by atoms with van der Waals surface area (Å²) in [6.07, 6.45) is 0.985. The molecule has 1 aromatic carbocycles. The Bertz CT molecular complexity index is 459. The first-order chi connectivity index (χ1) is 8.79. The first-order valence-electron chi connectivity index (χ1n) is 5.98. The summed E-state index contributed by atoms with van der Waals surface area (Å²) in [6, 6.07) is 4.33. The predicted octanol–water partition coefficient (Wildman–Crippen LogP) is 1.55. The lowest BCUT2D eigenvalue weighted by atomic mass is 10.1. The molecule has 1 fully saturated rings. The highest BCUT2D eigenvalue weighted by Crippen LogP contribution is 2.21. The van der Waals surface area contributed by atoms with Crippen LogP contribution < -0.4 is 10.5 Å². The van der Waals surface area contributed by atoms with Crippen molar-refractivity contribution in [3.63, 3.8) is 0 Å². The van der Waals surface area contributed by atoms with Gasteiger partial charge in [0.25, 0.3) is 0 Å². The van der Waals surface area contributed by atoms with Gasteiger partial charge in [-0.1, -0.05) is 11.8 Å². The lowest BCUT2D eigenvalue weighted by Crippen LogP contribution is -2.12. The predicted molar refractivity (Wildman–Crippen MR) is 66.8 cm³/mol. The summed E-state index contributed by atoms with van der Waals surface area (Å²) in [4.78, 5) is 0. The van der Waals surface area contributed by atoms with Crippen LogP contribution in [-0.4, -0.2) is 26.4 Å². The Balaban J connectivity index is 2.06. The van der Waals surface area contributed by atoms with Crippen molar-refractivity contribution in [3.05, 3.63) is 29.6 Å². The Labute approximate surface area is 106 Å². The second kappa shape index (κ2) is 6.39. The van der Waals surface area contributed by atoms with E-state index in [1.807, 2.05) is 0 Å². The maximum atomic E-state index is 13.2. The number of hydrogen-bond donors (Lipinski definition) is 1. The van der Waals surface area contributed by atoms with E-state index in [9.17, 15) is 4.39 Å². The molecule has 0 bridgehead atoms. The van der Waals surface area contributed by atoms with Gasteiger partial charge in [0.15, 0.2) is 0 Å². The standard InChI is InChI=1S/C14H16FNO2/c15-13-4-3-12(2-1-6-16)14(8-13)18-10-11-5-7-17-9-11/h3-4,8,11H,5-7,9-10,16H2. The lowest BCUT2D eigenvalue weighted by Gasteiger charge is -2.11. The topological polar surface area (TPSA) is 44.5 Å². The first-order valence-corrected chi connectivity index (χ1v) is 5.98. The number of hydrogen-bond acceptors (Lipinski definition) is 3. The molecule has 4 heteroatoms. The number of nitrogens with two attached hydrogens (primary N) is 1. The molecule has 0 spiro atoms. The highest BCUT2D eigenvalue weighted by atomic mass is 19.1. The molecule has 2 rings (SSSR count). The van der Waals surface area contributed by atoms with E-state index in [2.05, 4.69) is 11.8 Å². The maximum Gasteiger partial charge on any atom is 0.137 e. The van der Waals surface area contributed by atoms with Gasteiger partial charge in [0.05, 0.1) is 25.3 Å². The minimum absolute atomic E-state index is 0.271. The molecule has 0 aromatic heterocycles. The van der Waals surface area contributed by atoms with E-state index in [4.69, 9.17) is 15.2 Å². The van der Waals surface area contributed by atoms with Crippen molar-refractivity contribution in [3.8, 4) is 17.6 Å². The van der Waals surface area contributed by atoms with E-state index in [-0.39, 0.29) is 12.4 Å². The van der Waals surface area contributed by atoms with Gasteiger partial charge < -0.3 is 15.2 Å². The van der Waals surface area contributed by atoms with Crippen LogP contribution in [0.25, 0.3) is 0 Å². The van der Waals surface area contributed by atoms with Gasteiger partial charge in [0, 0.05) is 18.6 Å². The minimum Gasteiger partial charge on any atom is -0.492 e. The van der Waals surface area contributed by atoms with Crippen LogP contribution in [0.1, 0.15) is 12.0 Å². The van der Waals surface area contributed by atoms with E-state index >= 15 is 0 Å². The van der Waals surface area contributed by atoms with Crippen LogP contribution in [0.2, 0.25) is 0 Å².